The van der Waals surface area contributed by atoms with Gasteiger partial charge in [0.1, 0.15) is 0 Å². The van der Waals surface area contributed by atoms with Gasteiger partial charge in [-0.1, -0.05) is 32.9 Å². The van der Waals surface area contributed by atoms with Crippen LogP contribution in [0.2, 0.25) is 0 Å². The van der Waals surface area contributed by atoms with Crippen LogP contribution in [0.1, 0.15) is 50.4 Å². The molecule has 1 N–H and O–H groups in total. The standard InChI is InChI=1S/C21H27N3O5/c1-4-11-22-17(25)13-29-20(28)21-10-9-18(26)24(21)16-8-6-5-7-15(16)19(27)23(21)12-14(2)3/h5-8,14H,4,9-13H2,1-3H3,(H,22,25)/t21-/m0/s1. The third-order valence-electron chi connectivity index (χ3n) is 5.15. The number of benzene rings is 1. The van der Waals surface area contributed by atoms with E-state index in [4.69, 9.17) is 4.74 Å². The Morgan fingerprint density at radius 3 is 2.66 bits per heavy atom. The van der Waals surface area contributed by atoms with Gasteiger partial charge in [-0.15, -0.1) is 0 Å². The molecular formula is C21H27N3O5. The van der Waals surface area contributed by atoms with Gasteiger partial charge in [0.05, 0.1) is 11.3 Å². The summed E-state index contributed by atoms with van der Waals surface area (Å²) in [5.41, 5.74) is -0.766. The number of para-hydroxylation sites is 1. The van der Waals surface area contributed by atoms with E-state index >= 15 is 0 Å². The summed E-state index contributed by atoms with van der Waals surface area (Å²) in [5, 5.41) is 2.65. The normalized spacial score (nSPS) is 20.6. The van der Waals surface area contributed by atoms with Crippen LogP contribution in [-0.4, -0.2) is 54.0 Å². The Morgan fingerprint density at radius 1 is 1.24 bits per heavy atom. The molecule has 8 heteroatoms. The molecule has 3 amide bonds. The minimum absolute atomic E-state index is 0.0688. The van der Waals surface area contributed by atoms with Gasteiger partial charge in [-0.2, -0.15) is 0 Å². The molecule has 1 atom stereocenters. The van der Waals surface area contributed by atoms with E-state index in [0.29, 0.717) is 17.8 Å². The monoisotopic (exact) mass is 401 g/mol. The van der Waals surface area contributed by atoms with E-state index in [1.165, 1.54) is 9.80 Å². The van der Waals surface area contributed by atoms with E-state index in [2.05, 4.69) is 5.32 Å². The Hall–Kier alpha value is -2.90. The number of carbonyl (C=O) groups excluding carboxylic acids is 4. The van der Waals surface area contributed by atoms with Gasteiger partial charge < -0.3 is 15.0 Å². The molecule has 1 saturated heterocycles. The molecule has 0 bridgehead atoms. The predicted molar refractivity (Wildman–Crippen MR) is 106 cm³/mol. The molecule has 2 aliphatic rings. The van der Waals surface area contributed by atoms with Crippen LogP contribution in [0.5, 0.6) is 0 Å². The van der Waals surface area contributed by atoms with Gasteiger partial charge in [0, 0.05) is 25.9 Å². The molecule has 156 valence electrons. The van der Waals surface area contributed by atoms with Gasteiger partial charge >= 0.3 is 5.97 Å². The third kappa shape index (κ3) is 3.59. The van der Waals surface area contributed by atoms with Gasteiger partial charge in [-0.05, 0) is 24.5 Å². The van der Waals surface area contributed by atoms with Crippen LogP contribution in [-0.2, 0) is 19.1 Å². The second-order valence-corrected chi connectivity index (χ2v) is 7.80. The lowest BCUT2D eigenvalue weighted by Gasteiger charge is -2.48. The minimum Gasteiger partial charge on any atom is -0.452 e. The van der Waals surface area contributed by atoms with Crippen molar-refractivity contribution in [3.8, 4) is 0 Å². The highest BCUT2D eigenvalue weighted by molar-refractivity contribution is 6.15. The first kappa shape index (κ1) is 20.8. The molecule has 3 rings (SSSR count). The molecule has 0 spiro atoms. The smallest absolute Gasteiger partial charge is 0.354 e. The Balaban J connectivity index is 1.99. The van der Waals surface area contributed by atoms with Crippen LogP contribution < -0.4 is 10.2 Å². The van der Waals surface area contributed by atoms with Gasteiger partial charge in [-0.25, -0.2) is 4.79 Å². The summed E-state index contributed by atoms with van der Waals surface area (Å²) >= 11 is 0. The summed E-state index contributed by atoms with van der Waals surface area (Å²) in [7, 11) is 0. The molecule has 0 saturated carbocycles. The van der Waals surface area contributed by atoms with Crippen molar-refractivity contribution in [3.63, 3.8) is 0 Å². The van der Waals surface area contributed by atoms with E-state index in [1.807, 2.05) is 20.8 Å². The summed E-state index contributed by atoms with van der Waals surface area (Å²) in [5.74, 6) is -1.65. The van der Waals surface area contributed by atoms with E-state index in [1.54, 1.807) is 24.3 Å². The molecule has 1 aromatic carbocycles. The molecule has 8 nitrogen and oxygen atoms in total. The molecule has 29 heavy (non-hydrogen) atoms. The summed E-state index contributed by atoms with van der Waals surface area (Å²) in [4.78, 5) is 54.1. The van der Waals surface area contributed by atoms with Crippen molar-refractivity contribution in [2.75, 3.05) is 24.6 Å². The predicted octanol–water partition coefficient (Wildman–Crippen LogP) is 1.69. The zero-order valence-electron chi connectivity index (χ0n) is 17.1. The molecule has 0 unspecified atom stereocenters. The summed E-state index contributed by atoms with van der Waals surface area (Å²) in [6.45, 7) is 6.11. The zero-order chi connectivity index (χ0) is 21.2. The number of nitrogens with one attached hydrogen (secondary N) is 1. The second-order valence-electron chi connectivity index (χ2n) is 7.80. The first-order valence-corrected chi connectivity index (χ1v) is 10.0. The Kier molecular flexibility index (Phi) is 5.91. The van der Waals surface area contributed by atoms with Crippen LogP contribution in [0, 0.1) is 5.92 Å². The quantitative estimate of drug-likeness (QED) is 0.702. The number of amides is 3. The molecule has 1 fully saturated rings. The first-order valence-electron chi connectivity index (χ1n) is 10.0. The summed E-state index contributed by atoms with van der Waals surface area (Å²) in [6, 6.07) is 6.78. The molecule has 2 aliphatic heterocycles. The van der Waals surface area contributed by atoms with Crippen molar-refractivity contribution in [1.82, 2.24) is 10.2 Å². The molecular weight excluding hydrogens is 374 g/mol. The number of hydrogen-bond donors (Lipinski definition) is 1. The van der Waals surface area contributed by atoms with E-state index in [-0.39, 0.29) is 37.1 Å². The fourth-order valence-electron chi connectivity index (χ4n) is 3.93. The van der Waals surface area contributed by atoms with Crippen molar-refractivity contribution in [2.24, 2.45) is 5.92 Å². The number of carbonyl (C=O) groups is 4. The van der Waals surface area contributed by atoms with Crippen molar-refractivity contribution in [1.29, 1.82) is 0 Å². The number of ether oxygens (including phenoxy) is 1. The average Bonchev–Trinajstić information content (AvgIpc) is 3.06. The highest BCUT2D eigenvalue weighted by atomic mass is 16.5. The van der Waals surface area contributed by atoms with E-state index in [0.717, 1.165) is 6.42 Å². The number of hydrogen-bond acceptors (Lipinski definition) is 5. The van der Waals surface area contributed by atoms with Crippen molar-refractivity contribution >= 4 is 29.4 Å². The van der Waals surface area contributed by atoms with Crippen molar-refractivity contribution < 1.29 is 23.9 Å². The Labute approximate surface area is 170 Å². The molecule has 2 heterocycles. The number of anilines is 1. The second kappa shape index (κ2) is 8.23. The molecule has 1 aromatic rings. The lowest BCUT2D eigenvalue weighted by Crippen LogP contribution is -2.69. The maximum atomic E-state index is 13.3. The average molecular weight is 401 g/mol. The van der Waals surface area contributed by atoms with Crippen LogP contribution in [0.15, 0.2) is 24.3 Å². The van der Waals surface area contributed by atoms with E-state index in [9.17, 15) is 19.2 Å². The topological polar surface area (TPSA) is 96.0 Å². The van der Waals surface area contributed by atoms with Gasteiger partial charge in [0.2, 0.25) is 11.6 Å². The maximum Gasteiger partial charge on any atom is 0.354 e. The number of esters is 1. The first-order chi connectivity index (χ1) is 13.8. The number of fused-ring (bicyclic) bond motifs is 3. The fourth-order valence-corrected chi connectivity index (χ4v) is 3.93. The third-order valence-corrected chi connectivity index (χ3v) is 5.15. The summed E-state index contributed by atoms with van der Waals surface area (Å²) < 4.78 is 5.33. The van der Waals surface area contributed by atoms with Crippen LogP contribution in [0.25, 0.3) is 0 Å². The Bertz CT molecular complexity index is 837. The van der Waals surface area contributed by atoms with Crippen LogP contribution in [0.3, 0.4) is 0 Å². The van der Waals surface area contributed by atoms with Gasteiger partial charge in [0.25, 0.3) is 11.8 Å². The lowest BCUT2D eigenvalue weighted by molar-refractivity contribution is -0.160. The molecule has 0 aliphatic carbocycles. The molecule has 0 aromatic heterocycles. The maximum absolute atomic E-state index is 13.3. The fraction of sp³-hybridized carbons (Fsp3) is 0.524. The minimum atomic E-state index is -1.56. The Morgan fingerprint density at radius 2 is 1.97 bits per heavy atom. The van der Waals surface area contributed by atoms with Gasteiger partial charge in [0.15, 0.2) is 6.61 Å². The largest absolute Gasteiger partial charge is 0.452 e. The van der Waals surface area contributed by atoms with Gasteiger partial charge in [-0.3, -0.25) is 19.3 Å². The van der Waals surface area contributed by atoms with Crippen molar-refractivity contribution in [3.05, 3.63) is 29.8 Å². The zero-order valence-corrected chi connectivity index (χ0v) is 17.1. The van der Waals surface area contributed by atoms with Crippen molar-refractivity contribution in [2.45, 2.75) is 45.7 Å². The SMILES string of the molecule is CCCNC(=O)COC(=O)[C@]12CCC(=O)N1c1ccccc1C(=O)N2CC(C)C. The highest BCUT2D eigenvalue weighted by Crippen LogP contribution is 2.45. The number of rotatable bonds is 7. The highest BCUT2D eigenvalue weighted by Gasteiger charge is 2.62. The van der Waals surface area contributed by atoms with Crippen LogP contribution in [0.4, 0.5) is 5.69 Å². The van der Waals surface area contributed by atoms with E-state index < -0.39 is 24.1 Å². The number of nitrogens with zero attached hydrogens (tertiary/aromatic N) is 2. The lowest BCUT2D eigenvalue weighted by atomic mass is 9.95. The summed E-state index contributed by atoms with van der Waals surface area (Å²) in [6.07, 6.45) is 1.01. The molecule has 0 radical (unpaired) electrons. The van der Waals surface area contributed by atoms with Crippen LogP contribution >= 0.6 is 0 Å².